The third-order valence-electron chi connectivity index (χ3n) is 3.55. The van der Waals surface area contributed by atoms with Gasteiger partial charge >= 0.3 is 5.97 Å². The van der Waals surface area contributed by atoms with Crippen molar-refractivity contribution in [3.8, 4) is 0 Å². The molecule has 1 fully saturated rings. The first-order valence-electron chi connectivity index (χ1n) is 7.52. The van der Waals surface area contributed by atoms with Crippen molar-refractivity contribution < 1.29 is 9.53 Å². The van der Waals surface area contributed by atoms with Crippen LogP contribution in [-0.2, 0) is 9.53 Å². The van der Waals surface area contributed by atoms with Crippen molar-refractivity contribution in [2.75, 3.05) is 32.7 Å². The minimum absolute atomic E-state index is 0.278. The van der Waals surface area contributed by atoms with Gasteiger partial charge in [-0.25, -0.2) is 4.79 Å². The number of piperazine rings is 1. The number of nitrogens with zero attached hydrogens (tertiary/aromatic N) is 1. The van der Waals surface area contributed by atoms with Gasteiger partial charge in [-0.05, 0) is 27.2 Å². The van der Waals surface area contributed by atoms with E-state index in [0.717, 1.165) is 32.7 Å². The zero-order valence-corrected chi connectivity index (χ0v) is 13.9. The Hall–Kier alpha value is -0.840. The highest BCUT2D eigenvalue weighted by atomic mass is 35.5. The molecule has 1 atom stereocenters. The highest BCUT2D eigenvalue weighted by Crippen LogP contribution is 2.30. The molecule has 0 radical (unpaired) electrons. The van der Waals surface area contributed by atoms with E-state index in [2.05, 4.69) is 10.2 Å². The number of carbonyl (C=O) groups excluding carboxylic acids is 1. The number of carbonyl (C=O) groups is 1. The number of halogens is 1. The van der Waals surface area contributed by atoms with Crippen LogP contribution in [0.5, 0.6) is 0 Å². The molecule has 0 spiro atoms. The van der Waals surface area contributed by atoms with Crippen LogP contribution in [0, 0.1) is 0 Å². The average molecular weight is 313 g/mol. The second-order valence-electron chi connectivity index (χ2n) is 6.76. The van der Waals surface area contributed by atoms with Crippen molar-refractivity contribution in [3.63, 3.8) is 0 Å². The smallest absolute Gasteiger partial charge is 0.338 e. The van der Waals surface area contributed by atoms with Crippen molar-refractivity contribution in [1.82, 2.24) is 10.2 Å². The molecule has 0 amide bonds. The highest BCUT2D eigenvalue weighted by molar-refractivity contribution is 6.26. The zero-order chi connectivity index (χ0) is 15.5. The molecule has 2 rings (SSSR count). The molecule has 4 nitrogen and oxygen atoms in total. The number of hydrogen-bond acceptors (Lipinski definition) is 4. The Morgan fingerprint density at radius 3 is 2.62 bits per heavy atom. The zero-order valence-electron chi connectivity index (χ0n) is 13.1. The summed E-state index contributed by atoms with van der Waals surface area (Å²) in [6, 6.07) is 0. The molecule has 0 saturated carbocycles. The summed E-state index contributed by atoms with van der Waals surface area (Å²) in [5.41, 5.74) is 0.128. The number of hydrogen-bond donors (Lipinski definition) is 1. The lowest BCUT2D eigenvalue weighted by Crippen LogP contribution is -2.48. The number of ether oxygens (including phenoxy) is 1. The number of nitrogens with one attached hydrogen (secondary N) is 1. The molecular weight excluding hydrogens is 288 g/mol. The summed E-state index contributed by atoms with van der Waals surface area (Å²) in [6.07, 6.45) is 6.29. The lowest BCUT2D eigenvalue weighted by atomic mass is 9.95. The molecule has 0 bridgehead atoms. The van der Waals surface area contributed by atoms with E-state index in [1.54, 1.807) is 6.08 Å². The molecule has 0 aromatic carbocycles. The van der Waals surface area contributed by atoms with Gasteiger partial charge < -0.3 is 10.1 Å². The van der Waals surface area contributed by atoms with Gasteiger partial charge in [-0.2, -0.15) is 0 Å². The van der Waals surface area contributed by atoms with Crippen LogP contribution in [0.15, 0.2) is 23.8 Å². The van der Waals surface area contributed by atoms with Gasteiger partial charge in [-0.1, -0.05) is 18.2 Å². The van der Waals surface area contributed by atoms with Crippen LogP contribution in [-0.4, -0.2) is 54.1 Å². The summed E-state index contributed by atoms with van der Waals surface area (Å²) >= 11 is 6.67. The maximum atomic E-state index is 12.0. The summed E-state index contributed by atoms with van der Waals surface area (Å²) in [7, 11) is 0. The van der Waals surface area contributed by atoms with Gasteiger partial charge in [0.15, 0.2) is 0 Å². The summed E-state index contributed by atoms with van der Waals surface area (Å²) < 4.78 is 5.38. The molecule has 2 aliphatic rings. The van der Waals surface area contributed by atoms with Gasteiger partial charge in [0.25, 0.3) is 0 Å². The largest absolute Gasteiger partial charge is 0.456 e. The van der Waals surface area contributed by atoms with Gasteiger partial charge in [0, 0.05) is 32.7 Å². The van der Waals surface area contributed by atoms with E-state index >= 15 is 0 Å². The summed E-state index contributed by atoms with van der Waals surface area (Å²) in [5, 5.41) is 3.33. The SMILES string of the molecule is CC(C)(C)OC(=O)C1=CCC(Cl)(CN2CCNCC2)C=C1. The van der Waals surface area contributed by atoms with Crippen LogP contribution in [0.25, 0.3) is 0 Å². The Balaban J connectivity index is 1.91. The fourth-order valence-electron chi connectivity index (χ4n) is 2.50. The Morgan fingerprint density at radius 2 is 2.10 bits per heavy atom. The third kappa shape index (κ3) is 5.13. The van der Waals surface area contributed by atoms with Crippen molar-refractivity contribution in [2.24, 2.45) is 0 Å². The maximum Gasteiger partial charge on any atom is 0.338 e. The van der Waals surface area contributed by atoms with Gasteiger partial charge in [0.05, 0.1) is 10.4 Å². The van der Waals surface area contributed by atoms with E-state index in [9.17, 15) is 4.79 Å². The molecule has 0 aromatic rings. The number of alkyl halides is 1. The number of esters is 1. The normalized spacial score (nSPS) is 27.3. The van der Waals surface area contributed by atoms with Crippen molar-refractivity contribution >= 4 is 17.6 Å². The molecule has 118 valence electrons. The van der Waals surface area contributed by atoms with E-state index in [1.807, 2.05) is 32.9 Å². The van der Waals surface area contributed by atoms with Gasteiger partial charge in [-0.3, -0.25) is 4.90 Å². The first kappa shape index (κ1) is 16.5. The Labute approximate surface area is 132 Å². The molecular formula is C16H25ClN2O2. The van der Waals surface area contributed by atoms with Crippen molar-refractivity contribution in [1.29, 1.82) is 0 Å². The Morgan fingerprint density at radius 1 is 1.43 bits per heavy atom. The van der Waals surface area contributed by atoms with Gasteiger partial charge in [0.1, 0.15) is 5.60 Å². The molecule has 1 unspecified atom stereocenters. The van der Waals surface area contributed by atoms with Crippen LogP contribution in [0.2, 0.25) is 0 Å². The second kappa shape index (κ2) is 6.51. The maximum absolute atomic E-state index is 12.0. The summed E-state index contributed by atoms with van der Waals surface area (Å²) in [6.45, 7) is 10.5. The summed E-state index contributed by atoms with van der Waals surface area (Å²) in [5.74, 6) is -0.278. The van der Waals surface area contributed by atoms with E-state index in [1.165, 1.54) is 0 Å². The first-order valence-corrected chi connectivity index (χ1v) is 7.90. The van der Waals surface area contributed by atoms with Crippen LogP contribution >= 0.6 is 11.6 Å². The molecule has 21 heavy (non-hydrogen) atoms. The Bertz CT molecular complexity index is 448. The van der Waals surface area contributed by atoms with Gasteiger partial charge in [-0.15, -0.1) is 11.6 Å². The minimum atomic E-state index is -0.470. The topological polar surface area (TPSA) is 41.6 Å². The molecule has 5 heteroatoms. The van der Waals surface area contributed by atoms with Crippen molar-refractivity contribution in [3.05, 3.63) is 23.8 Å². The highest BCUT2D eigenvalue weighted by Gasteiger charge is 2.30. The third-order valence-corrected chi connectivity index (χ3v) is 3.95. The van der Waals surface area contributed by atoms with Crippen LogP contribution in [0.1, 0.15) is 27.2 Å². The van der Waals surface area contributed by atoms with E-state index < -0.39 is 10.5 Å². The predicted molar refractivity (Wildman–Crippen MR) is 85.6 cm³/mol. The second-order valence-corrected chi connectivity index (χ2v) is 7.51. The van der Waals surface area contributed by atoms with Gasteiger partial charge in [0.2, 0.25) is 0 Å². The fourth-order valence-corrected chi connectivity index (χ4v) is 2.81. The monoisotopic (exact) mass is 312 g/mol. The van der Waals surface area contributed by atoms with Crippen LogP contribution in [0.4, 0.5) is 0 Å². The predicted octanol–water partition coefficient (Wildman–Crippen LogP) is 2.10. The minimum Gasteiger partial charge on any atom is -0.456 e. The molecule has 1 aliphatic heterocycles. The molecule has 1 N–H and O–H groups in total. The number of rotatable bonds is 3. The molecule has 1 aliphatic carbocycles. The quantitative estimate of drug-likeness (QED) is 0.640. The summed E-state index contributed by atoms with van der Waals surface area (Å²) in [4.78, 5) is 14.0. The molecule has 1 saturated heterocycles. The molecule has 1 heterocycles. The lowest BCUT2D eigenvalue weighted by Gasteiger charge is -2.35. The first-order chi connectivity index (χ1) is 9.77. The number of allylic oxidation sites excluding steroid dienone is 1. The van der Waals surface area contributed by atoms with Crippen LogP contribution in [0.3, 0.4) is 0 Å². The Kier molecular flexibility index (Phi) is 5.12. The lowest BCUT2D eigenvalue weighted by molar-refractivity contribution is -0.149. The van der Waals surface area contributed by atoms with E-state index in [4.69, 9.17) is 16.3 Å². The standard InChI is InChI=1S/C16H25ClN2O2/c1-15(2,3)21-14(20)13-4-6-16(17,7-5-13)12-19-10-8-18-9-11-19/h4-6,18H,7-12H2,1-3H3. The van der Waals surface area contributed by atoms with E-state index in [0.29, 0.717) is 12.0 Å². The average Bonchev–Trinajstić information content (AvgIpc) is 2.38. The van der Waals surface area contributed by atoms with Crippen LogP contribution < -0.4 is 5.32 Å². The molecule has 0 aromatic heterocycles. The fraction of sp³-hybridized carbons (Fsp3) is 0.688. The van der Waals surface area contributed by atoms with Crippen molar-refractivity contribution in [2.45, 2.75) is 37.7 Å². The van der Waals surface area contributed by atoms with E-state index in [-0.39, 0.29) is 5.97 Å².